The van der Waals surface area contributed by atoms with Crippen LogP contribution < -0.4 is 11.1 Å². The van der Waals surface area contributed by atoms with Crippen LogP contribution in [-0.4, -0.2) is 103 Å². The van der Waals surface area contributed by atoms with Crippen molar-refractivity contribution in [2.45, 2.75) is 152 Å². The van der Waals surface area contributed by atoms with E-state index in [1.165, 1.54) is 40.7 Å². The van der Waals surface area contributed by atoms with Crippen LogP contribution in [0.4, 0.5) is 35.1 Å². The lowest BCUT2D eigenvalue weighted by Crippen LogP contribution is -2.42. The quantitative estimate of drug-likeness (QED) is 0.0295. The Morgan fingerprint density at radius 1 is 0.643 bits per heavy atom. The molecule has 0 N–H and O–H groups in total. The molecule has 12 nitrogen and oxygen atoms in total. The number of thioether (sulfide) groups is 2. The Bertz CT molecular complexity index is 5800. The number of likely N-dealkylation sites (N-methyl/N-ethyl adjacent to an activating group) is 2. The Hall–Kier alpha value is -7.92. The smallest absolute Gasteiger partial charge is 0.336 e. The Morgan fingerprint density at radius 2 is 1.22 bits per heavy atom. The first-order valence-corrected chi connectivity index (χ1v) is 31.8. The fourth-order valence-electron chi connectivity index (χ4n) is 9.85. The Labute approximate surface area is 621 Å². The van der Waals surface area contributed by atoms with Crippen molar-refractivity contribution < 1.29 is 88.6 Å². The fourth-order valence-corrected chi connectivity index (χ4v) is 11.8. The molecule has 520 valence electrons. The molecule has 2 amide bonds. The lowest BCUT2D eigenvalue weighted by molar-refractivity contribution is -0.138. The van der Waals surface area contributed by atoms with E-state index in [1.54, 1.807) is 36.4 Å². The number of benzene rings is 6. The first-order chi connectivity index (χ1) is 59.0. The number of aromatic nitrogens is 4. The van der Waals surface area contributed by atoms with E-state index < -0.39 is 264 Å². The predicted octanol–water partition coefficient (Wildman–Crippen LogP) is 16.0. The number of amides is 2. The zero-order chi connectivity index (χ0) is 99.1. The Morgan fingerprint density at radius 3 is 1.85 bits per heavy atom. The predicted molar refractivity (Wildman–Crippen MR) is 372 cm³/mol. The third-order valence-corrected chi connectivity index (χ3v) is 17.3. The van der Waals surface area contributed by atoms with Crippen molar-refractivity contribution in [3.63, 3.8) is 0 Å². The molecule has 22 heteroatoms. The summed E-state index contributed by atoms with van der Waals surface area (Å²) in [6.07, 6.45) is -20.5. The molecule has 0 bridgehead atoms. The van der Waals surface area contributed by atoms with Crippen LogP contribution in [-0.2, 0) is 77.5 Å². The van der Waals surface area contributed by atoms with E-state index in [2.05, 4.69) is 14.9 Å². The van der Waals surface area contributed by atoms with Gasteiger partial charge in [0.25, 0.3) is 11.1 Å². The second kappa shape index (κ2) is 32.8. The number of alkyl halides is 6. The fraction of sp³-hybridized carbons (Fsp3) is 0.395. The molecule has 0 fully saturated rings. The first-order valence-electron chi connectivity index (χ1n) is 46.0. The highest BCUT2D eigenvalue weighted by Gasteiger charge is 2.35. The molecule has 8 aromatic rings. The molecule has 0 saturated carbocycles. The van der Waals surface area contributed by atoms with Crippen molar-refractivity contribution in [3.8, 4) is 22.3 Å². The third-order valence-electron chi connectivity index (χ3n) is 15.2. The van der Waals surface area contributed by atoms with Gasteiger partial charge in [0.1, 0.15) is 24.6 Å². The summed E-state index contributed by atoms with van der Waals surface area (Å²) in [4.78, 5) is 66.7. The van der Waals surface area contributed by atoms with Crippen molar-refractivity contribution in [2.75, 3.05) is 52.2 Å². The standard InChI is InChI=1S/C39H44F4N4O2S.C37H40F4N4O2S/c1-6-45(7-2)23-24-46(26(3)27-11-13-28(14-12-27)29-15-17-31(18-16-29)39(41,42)43)35(48)25-47-34-10-8-9-33(34)36(49)44-37(47)50-38(4,5)30-19-21-32(40)22-20-30;1-4-43(5-2)19-20-44(22-26-9-13-28(14-10-26)29-15-18-32(25(3)21-29)37(39,40)41)34(46)23-45-33-8-6-7-31(33)35(47)42-36(45)48-24-27-11-16-30(38)17-12-27/h11-22,26H,6-10,23-25H2,1-5H3;9-18,21H,4-8,19-20,22-24H2,1-3H3/i25D2,26D;4D2,5D2,6D2,7D2,8D2,9D,10D,11D,12D,13D,14D,15D,16D,17D,18D,19D2,20D2,21D,22D2,23D2. The molecule has 2 heterocycles. The number of rotatable bonds is 26. The van der Waals surface area contributed by atoms with Crippen molar-refractivity contribution in [3.05, 3.63) is 233 Å². The molecular formula is C76H84F8N8O4S2. The van der Waals surface area contributed by atoms with E-state index in [-0.39, 0.29) is 23.5 Å². The van der Waals surface area contributed by atoms with E-state index in [0.29, 0.717) is 93.2 Å². The second-order valence-corrected chi connectivity index (χ2v) is 24.4. The van der Waals surface area contributed by atoms with Gasteiger partial charge in [0.2, 0.25) is 11.8 Å². The molecule has 2 aromatic heterocycles. The van der Waals surface area contributed by atoms with Crippen molar-refractivity contribution in [1.82, 2.24) is 38.7 Å². The van der Waals surface area contributed by atoms with E-state index in [1.807, 2.05) is 27.7 Å². The van der Waals surface area contributed by atoms with Crippen LogP contribution in [0.5, 0.6) is 0 Å². The van der Waals surface area contributed by atoms with E-state index in [0.717, 1.165) is 23.9 Å². The summed E-state index contributed by atoms with van der Waals surface area (Å²) in [6.45, 7) is -16.4. The van der Waals surface area contributed by atoms with Gasteiger partial charge in [0.15, 0.2) is 10.3 Å². The monoisotopic (exact) mass is 1420 g/mol. The lowest BCUT2D eigenvalue weighted by Gasteiger charge is -2.33. The summed E-state index contributed by atoms with van der Waals surface area (Å²) < 4.78 is 390. The molecule has 0 saturated heterocycles. The number of hydrogen-bond acceptors (Lipinski definition) is 10. The van der Waals surface area contributed by atoms with Gasteiger partial charge in [-0.2, -0.15) is 36.3 Å². The minimum atomic E-state index is -5.38. The third kappa shape index (κ3) is 18.7. The zero-order valence-electron chi connectivity index (χ0n) is 85.6. The topological polar surface area (TPSA) is 117 Å². The summed E-state index contributed by atoms with van der Waals surface area (Å²) in [5.41, 5.74) is -11.9. The average molecular weight is 1420 g/mol. The summed E-state index contributed by atoms with van der Waals surface area (Å²) in [6, 6.07) is -0.834. The van der Waals surface area contributed by atoms with Crippen molar-refractivity contribution in [2.24, 2.45) is 0 Å². The molecule has 6 aromatic carbocycles. The van der Waals surface area contributed by atoms with Gasteiger partial charge < -0.3 is 28.7 Å². The SMILES string of the molecule is [2H]C(C)(c1ccc(-c2ccc(C(F)(F)F)cc2)cc1)N(CCN(CC)CC)C(=O)C([2H])([2H])n1c(SC(C)(C)c2ccc(F)cc2)nc(=O)c2c1CCC2.[2H]c1c([2H])c(CSc2nc(=O)c3c(n2C([2H])([2H])C(=O)N(C([2H])([2H])c2c([2H])c([2H])c(-c4c([2H])c([2H])c(C(F)(F)F)c(C)c4[2H])c([2H])c2[2H])C([2H])([2H])C([2H])([2H])N(C([2H])([2H])C)C([2H])([2H])C)C([2H])([2H])C([2H])([2H])C3([2H])[2H])c([2H])c([2H])c1F. The van der Waals surface area contributed by atoms with Gasteiger partial charge >= 0.3 is 12.4 Å². The number of hydrogen-bond donors (Lipinski definition) is 0. The van der Waals surface area contributed by atoms with Crippen LogP contribution in [0, 0.1) is 18.6 Å². The van der Waals surface area contributed by atoms with E-state index >= 15 is 4.79 Å². The van der Waals surface area contributed by atoms with E-state index in [4.69, 9.17) is 31.5 Å². The molecule has 2 aliphatic rings. The van der Waals surface area contributed by atoms with Crippen molar-refractivity contribution in [1.29, 1.82) is 0 Å². The summed E-state index contributed by atoms with van der Waals surface area (Å²) in [7, 11) is 0. The van der Waals surface area contributed by atoms with Crippen LogP contribution in [0.25, 0.3) is 22.3 Å². The number of carbonyl (C=O) groups excluding carboxylic acids is 2. The number of fused-ring (bicyclic) bond motifs is 2. The maximum Gasteiger partial charge on any atom is 0.416 e. The highest BCUT2D eigenvalue weighted by molar-refractivity contribution is 8.00. The van der Waals surface area contributed by atoms with Crippen LogP contribution >= 0.6 is 23.5 Å². The zero-order valence-corrected chi connectivity index (χ0v) is 55.3. The van der Waals surface area contributed by atoms with Crippen LogP contribution in [0.2, 0.25) is 0 Å². The lowest BCUT2D eigenvalue weighted by atomic mass is 9.98. The second-order valence-electron chi connectivity index (χ2n) is 21.8. The minimum Gasteiger partial charge on any atom is -0.336 e. The maximum atomic E-state index is 15.6. The number of halogens is 8. The van der Waals surface area contributed by atoms with Crippen LogP contribution in [0.1, 0.15) is 173 Å². The molecule has 2 aliphatic carbocycles. The van der Waals surface area contributed by atoms with Gasteiger partial charge in [0, 0.05) is 82.0 Å². The number of carbonyl (C=O) groups is 2. The highest BCUT2D eigenvalue weighted by Crippen LogP contribution is 2.42. The van der Waals surface area contributed by atoms with Gasteiger partial charge in [0.05, 0.1) is 44.6 Å². The normalized spacial score (nSPS) is 21.0. The molecule has 1 atom stereocenters. The maximum absolute atomic E-state index is 15.6. The van der Waals surface area contributed by atoms with Gasteiger partial charge in [-0.05, 0) is 185 Å². The molecule has 98 heavy (non-hydrogen) atoms. The minimum absolute atomic E-state index is 0.0000457. The molecule has 0 spiro atoms. The Balaban J connectivity index is 0.000000313. The summed E-state index contributed by atoms with van der Waals surface area (Å²) in [5, 5.41) is -1.46. The summed E-state index contributed by atoms with van der Waals surface area (Å²) >= 11 is 0.947. The van der Waals surface area contributed by atoms with Gasteiger partial charge in [-0.25, -0.2) is 8.78 Å². The van der Waals surface area contributed by atoms with Gasteiger partial charge in [-0.1, -0.05) is 148 Å². The molecule has 1 unspecified atom stereocenters. The van der Waals surface area contributed by atoms with Gasteiger partial charge in [-0.3, -0.25) is 19.2 Å². The summed E-state index contributed by atoms with van der Waals surface area (Å²) in [5.74, 6) is -7.19. The molecule has 0 aliphatic heterocycles. The largest absolute Gasteiger partial charge is 0.416 e. The van der Waals surface area contributed by atoms with Crippen molar-refractivity contribution >= 4 is 35.3 Å². The van der Waals surface area contributed by atoms with Crippen LogP contribution in [0.3, 0.4) is 0 Å². The highest BCUT2D eigenvalue weighted by atomic mass is 32.2. The number of nitrogens with zero attached hydrogens (tertiary/aromatic N) is 8. The van der Waals surface area contributed by atoms with Gasteiger partial charge in [-0.15, -0.1) is 0 Å². The average Bonchev–Trinajstić information content (AvgIpc) is 1.50. The molecule has 10 rings (SSSR count). The molecular weight excluding hydrogens is 1310 g/mol. The first kappa shape index (κ1) is 42.2. The molecule has 0 radical (unpaired) electrons. The Kier molecular flexibility index (Phi) is 14.2. The van der Waals surface area contributed by atoms with Crippen LogP contribution in [0.15, 0.2) is 159 Å². The van der Waals surface area contributed by atoms with E-state index in [9.17, 15) is 61.8 Å².